The zero-order chi connectivity index (χ0) is 26.3. The maximum absolute atomic E-state index is 11.4. The first-order valence-electron chi connectivity index (χ1n) is 12.4. The second-order valence-corrected chi connectivity index (χ2v) is 8.62. The van der Waals surface area contributed by atoms with Crippen molar-refractivity contribution in [2.24, 2.45) is 5.92 Å². The molecular formula is C27H27N7O4. The molecule has 0 amide bonds. The van der Waals surface area contributed by atoms with Crippen LogP contribution in [-0.4, -0.2) is 55.7 Å². The molecule has 194 valence electrons. The molecule has 4 aromatic rings. The minimum absolute atomic E-state index is 0.337. The number of hydrogen-bond donors (Lipinski definition) is 2. The van der Waals surface area contributed by atoms with E-state index in [2.05, 4.69) is 30.2 Å². The van der Waals surface area contributed by atoms with Gasteiger partial charge < -0.3 is 24.8 Å². The summed E-state index contributed by atoms with van der Waals surface area (Å²) in [5, 5.41) is 12.5. The van der Waals surface area contributed by atoms with Gasteiger partial charge in [-0.1, -0.05) is 18.2 Å². The lowest BCUT2D eigenvalue weighted by Gasteiger charge is -2.31. The summed E-state index contributed by atoms with van der Waals surface area (Å²) in [7, 11) is 0. The van der Waals surface area contributed by atoms with E-state index in [0.29, 0.717) is 65.9 Å². The maximum atomic E-state index is 11.4. The number of piperidine rings is 1. The number of aliphatic carboxylic acids is 1. The van der Waals surface area contributed by atoms with Crippen LogP contribution in [0, 0.1) is 5.92 Å². The van der Waals surface area contributed by atoms with Crippen molar-refractivity contribution in [3.63, 3.8) is 0 Å². The highest BCUT2D eigenvalue weighted by Crippen LogP contribution is 2.31. The smallest absolute Gasteiger partial charge is 0.308 e. The van der Waals surface area contributed by atoms with Crippen LogP contribution in [0.25, 0.3) is 11.4 Å². The Kier molecular flexibility index (Phi) is 7.53. The molecule has 11 nitrogen and oxygen atoms in total. The van der Waals surface area contributed by atoms with Crippen molar-refractivity contribution in [2.75, 3.05) is 29.9 Å². The SMILES string of the molecule is CCOc1ccccc1Oc1cccc(-c2cncc(Nc3nccc(N4CCC[C@@H](C(=O)O)C4)n3)n2)n1. The van der Waals surface area contributed by atoms with Crippen molar-refractivity contribution in [3.8, 4) is 28.8 Å². The first-order valence-corrected chi connectivity index (χ1v) is 12.4. The number of nitrogens with one attached hydrogen (secondary N) is 1. The topological polar surface area (TPSA) is 135 Å². The minimum atomic E-state index is -0.782. The van der Waals surface area contributed by atoms with Crippen molar-refractivity contribution in [2.45, 2.75) is 19.8 Å². The van der Waals surface area contributed by atoms with E-state index < -0.39 is 11.9 Å². The molecule has 1 fully saturated rings. The summed E-state index contributed by atoms with van der Waals surface area (Å²) in [4.78, 5) is 35.8. The predicted octanol–water partition coefficient (Wildman–Crippen LogP) is 4.56. The Morgan fingerprint density at radius 3 is 2.76 bits per heavy atom. The van der Waals surface area contributed by atoms with Crippen LogP contribution in [-0.2, 0) is 4.79 Å². The molecule has 2 N–H and O–H groups in total. The first-order chi connectivity index (χ1) is 18.6. The summed E-state index contributed by atoms with van der Waals surface area (Å²) in [6.07, 6.45) is 6.28. The lowest BCUT2D eigenvalue weighted by atomic mass is 9.98. The van der Waals surface area contributed by atoms with Gasteiger partial charge in [0.2, 0.25) is 11.8 Å². The van der Waals surface area contributed by atoms with Gasteiger partial charge >= 0.3 is 5.97 Å². The predicted molar refractivity (Wildman–Crippen MR) is 141 cm³/mol. The summed E-state index contributed by atoms with van der Waals surface area (Å²) in [6, 6.07) is 14.6. The number of para-hydroxylation sites is 2. The Labute approximate surface area is 219 Å². The van der Waals surface area contributed by atoms with Crippen LogP contribution in [0.3, 0.4) is 0 Å². The molecule has 1 aromatic carbocycles. The molecule has 0 saturated carbocycles. The monoisotopic (exact) mass is 513 g/mol. The Hall–Kier alpha value is -4.80. The summed E-state index contributed by atoms with van der Waals surface area (Å²) in [5.41, 5.74) is 1.12. The number of carboxylic acid groups (broad SMARTS) is 1. The van der Waals surface area contributed by atoms with Gasteiger partial charge in [-0.05, 0) is 44.0 Å². The number of benzene rings is 1. The highest BCUT2D eigenvalue weighted by Gasteiger charge is 2.26. The molecule has 11 heteroatoms. The van der Waals surface area contributed by atoms with Crippen LogP contribution in [0.1, 0.15) is 19.8 Å². The molecule has 0 aliphatic carbocycles. The van der Waals surface area contributed by atoms with Gasteiger partial charge in [-0.2, -0.15) is 4.98 Å². The van der Waals surface area contributed by atoms with Gasteiger partial charge in [0.05, 0.1) is 30.6 Å². The molecule has 0 unspecified atom stereocenters. The van der Waals surface area contributed by atoms with Gasteiger partial charge in [0.1, 0.15) is 11.5 Å². The van der Waals surface area contributed by atoms with Crippen molar-refractivity contribution in [3.05, 3.63) is 67.1 Å². The molecule has 1 atom stereocenters. The normalized spacial score (nSPS) is 15.1. The van der Waals surface area contributed by atoms with Crippen molar-refractivity contribution in [1.82, 2.24) is 24.9 Å². The van der Waals surface area contributed by atoms with Gasteiger partial charge in [0.25, 0.3) is 0 Å². The van der Waals surface area contributed by atoms with Crippen LogP contribution >= 0.6 is 0 Å². The van der Waals surface area contributed by atoms with E-state index in [1.807, 2.05) is 48.2 Å². The zero-order valence-electron chi connectivity index (χ0n) is 20.8. The summed E-state index contributed by atoms with van der Waals surface area (Å²) in [5.74, 6) is 1.86. The number of rotatable bonds is 9. The third-order valence-corrected chi connectivity index (χ3v) is 5.96. The van der Waals surface area contributed by atoms with E-state index in [4.69, 9.17) is 9.47 Å². The van der Waals surface area contributed by atoms with E-state index in [1.54, 1.807) is 30.7 Å². The molecule has 0 radical (unpaired) electrons. The largest absolute Gasteiger partial charge is 0.490 e. The number of ether oxygens (including phenoxy) is 2. The number of carbonyl (C=O) groups is 1. The fourth-order valence-electron chi connectivity index (χ4n) is 4.17. The second kappa shape index (κ2) is 11.5. The summed E-state index contributed by atoms with van der Waals surface area (Å²) < 4.78 is 11.6. The highest BCUT2D eigenvalue weighted by molar-refractivity contribution is 5.71. The molecule has 4 heterocycles. The number of carboxylic acids is 1. The van der Waals surface area contributed by atoms with Crippen LogP contribution in [0.5, 0.6) is 17.4 Å². The van der Waals surface area contributed by atoms with Crippen molar-refractivity contribution < 1.29 is 19.4 Å². The zero-order valence-corrected chi connectivity index (χ0v) is 20.8. The Morgan fingerprint density at radius 1 is 1.05 bits per heavy atom. The number of nitrogens with zero attached hydrogens (tertiary/aromatic N) is 6. The molecule has 1 aliphatic heterocycles. The molecular weight excluding hydrogens is 486 g/mol. The lowest BCUT2D eigenvalue weighted by Crippen LogP contribution is -2.39. The van der Waals surface area contributed by atoms with Gasteiger partial charge in [0, 0.05) is 25.4 Å². The quantitative estimate of drug-likeness (QED) is 0.326. The molecule has 5 rings (SSSR count). The lowest BCUT2D eigenvalue weighted by molar-refractivity contribution is -0.141. The van der Waals surface area contributed by atoms with E-state index in [1.165, 1.54) is 0 Å². The average molecular weight is 514 g/mol. The number of pyridine rings is 1. The van der Waals surface area contributed by atoms with E-state index in [-0.39, 0.29) is 0 Å². The second-order valence-electron chi connectivity index (χ2n) is 8.62. The van der Waals surface area contributed by atoms with E-state index >= 15 is 0 Å². The number of anilines is 3. The molecule has 38 heavy (non-hydrogen) atoms. The molecule has 0 bridgehead atoms. The summed E-state index contributed by atoms with van der Waals surface area (Å²) >= 11 is 0. The van der Waals surface area contributed by atoms with Gasteiger partial charge in [-0.3, -0.25) is 9.78 Å². The number of hydrogen-bond acceptors (Lipinski definition) is 10. The van der Waals surface area contributed by atoms with Crippen LogP contribution in [0.2, 0.25) is 0 Å². The van der Waals surface area contributed by atoms with E-state index in [9.17, 15) is 9.90 Å². The van der Waals surface area contributed by atoms with Crippen LogP contribution in [0.4, 0.5) is 17.6 Å². The fourth-order valence-corrected chi connectivity index (χ4v) is 4.17. The molecule has 1 aliphatic rings. The third-order valence-electron chi connectivity index (χ3n) is 5.96. The maximum Gasteiger partial charge on any atom is 0.308 e. The Morgan fingerprint density at radius 2 is 1.92 bits per heavy atom. The molecule has 0 spiro atoms. The standard InChI is InChI=1S/C27H27N7O4/c1-2-37-21-9-3-4-10-22(21)38-25-11-5-8-19(31-25)20-15-28-16-23(30-20)32-27-29-13-12-24(33-27)34-14-6-7-18(17-34)26(35)36/h3-5,8-13,15-16,18H,2,6-7,14,17H2,1H3,(H,35,36)(H,29,30,32,33)/t18-/m1/s1. The van der Waals surface area contributed by atoms with Crippen LogP contribution in [0.15, 0.2) is 67.1 Å². The Balaban J connectivity index is 1.32. The van der Waals surface area contributed by atoms with Gasteiger partial charge in [0.15, 0.2) is 17.3 Å². The number of aromatic nitrogens is 5. The van der Waals surface area contributed by atoms with Crippen LogP contribution < -0.4 is 19.7 Å². The molecule has 1 saturated heterocycles. The Bertz CT molecular complexity index is 1420. The average Bonchev–Trinajstić information content (AvgIpc) is 2.95. The van der Waals surface area contributed by atoms with Crippen molar-refractivity contribution in [1.29, 1.82) is 0 Å². The summed E-state index contributed by atoms with van der Waals surface area (Å²) in [6.45, 7) is 3.60. The van der Waals surface area contributed by atoms with E-state index in [0.717, 1.165) is 13.0 Å². The highest BCUT2D eigenvalue weighted by atomic mass is 16.5. The first kappa shape index (κ1) is 24.9. The van der Waals surface area contributed by atoms with Crippen molar-refractivity contribution >= 4 is 23.6 Å². The third kappa shape index (κ3) is 5.94. The molecule has 3 aromatic heterocycles. The van der Waals surface area contributed by atoms with Gasteiger partial charge in [-0.15, -0.1) is 0 Å². The van der Waals surface area contributed by atoms with Gasteiger partial charge in [-0.25, -0.2) is 15.0 Å². The minimum Gasteiger partial charge on any atom is -0.490 e. The fraction of sp³-hybridized carbons (Fsp3) is 0.259.